The van der Waals surface area contributed by atoms with E-state index in [1.165, 1.54) is 116 Å². The van der Waals surface area contributed by atoms with Crippen LogP contribution in [0.3, 0.4) is 0 Å². The van der Waals surface area contributed by atoms with E-state index < -0.39 is 47.3 Å². The average Bonchev–Trinajstić information content (AvgIpc) is 3.25. The molecule has 0 bridgehead atoms. The van der Waals surface area contributed by atoms with Gasteiger partial charge in [0, 0.05) is 51.8 Å². The van der Waals surface area contributed by atoms with E-state index in [9.17, 15) is 23.8 Å². The first-order valence-electron chi connectivity index (χ1n) is 25.5. The van der Waals surface area contributed by atoms with E-state index in [2.05, 4.69) is 24.5 Å². The van der Waals surface area contributed by atoms with E-state index in [0.29, 0.717) is 51.7 Å². The van der Waals surface area contributed by atoms with Gasteiger partial charge in [0.2, 0.25) is 0 Å². The number of urea groups is 1. The van der Waals surface area contributed by atoms with Gasteiger partial charge >= 0.3 is 34.6 Å². The lowest BCUT2D eigenvalue weighted by Crippen LogP contribution is -2.46. The van der Waals surface area contributed by atoms with Crippen molar-refractivity contribution < 1.29 is 55.6 Å². The number of carbonyl (C=O) groups is 3. The van der Waals surface area contributed by atoms with Crippen molar-refractivity contribution in [2.75, 3.05) is 52.7 Å². The zero-order chi connectivity index (χ0) is 46.5. The third-order valence-corrected chi connectivity index (χ3v) is 14.9. The standard InChI is InChI=1S/C47H95N2O12PSi/c1-6-11-13-15-17-19-21-23-25-27-29-31-33-36-45(50)55-42-44(61-46(51)37-34-32-30-28-26-24-22-20-18-16-14-12-7-2)43-57-62(53,54)56-40-39-49-47(52)48-38-35-41-63(58-8-3,59-9-4)60-10-5/h44H,6-43H2,1-5H3,(H,53,54)(H2,48,49,52). The molecule has 0 aliphatic rings. The number of phosphoric ester groups is 1. The highest BCUT2D eigenvalue weighted by Gasteiger charge is 2.39. The van der Waals surface area contributed by atoms with Crippen molar-refractivity contribution in [3.63, 3.8) is 0 Å². The Balaban J connectivity index is 4.69. The molecule has 0 aliphatic carbocycles. The third kappa shape index (κ3) is 40.4. The monoisotopic (exact) mass is 939 g/mol. The Labute approximate surface area is 385 Å². The van der Waals surface area contributed by atoms with Crippen molar-refractivity contribution in [2.45, 2.75) is 233 Å². The number of unbranched alkanes of at least 4 members (excludes halogenated alkanes) is 24. The molecule has 0 aliphatic heterocycles. The second-order valence-corrected chi connectivity index (χ2v) is 20.8. The molecule has 14 nitrogen and oxygen atoms in total. The van der Waals surface area contributed by atoms with Crippen molar-refractivity contribution in [1.82, 2.24) is 10.6 Å². The Kier molecular flexibility index (Phi) is 43.2. The molecule has 0 aromatic heterocycles. The van der Waals surface area contributed by atoms with Crippen LogP contribution >= 0.6 is 7.82 Å². The fourth-order valence-corrected chi connectivity index (χ4v) is 10.7. The number of rotatable bonds is 48. The molecule has 0 aromatic carbocycles. The predicted molar refractivity (Wildman–Crippen MR) is 255 cm³/mol. The second kappa shape index (κ2) is 44.3. The molecule has 2 amide bonds. The molecule has 0 spiro atoms. The third-order valence-electron chi connectivity index (χ3n) is 10.8. The lowest BCUT2D eigenvalue weighted by atomic mass is 10.0. The number of hydrogen-bond acceptors (Lipinski definition) is 11. The van der Waals surface area contributed by atoms with E-state index >= 15 is 0 Å². The van der Waals surface area contributed by atoms with Crippen LogP contribution in [-0.2, 0) is 46.0 Å². The molecular weight excluding hydrogens is 844 g/mol. The average molecular weight is 939 g/mol. The van der Waals surface area contributed by atoms with Crippen molar-refractivity contribution in [3.8, 4) is 0 Å². The van der Waals surface area contributed by atoms with E-state index in [1.54, 1.807) is 0 Å². The fraction of sp³-hybridized carbons (Fsp3) is 0.936. The summed E-state index contributed by atoms with van der Waals surface area (Å²) in [7, 11) is -7.41. The van der Waals surface area contributed by atoms with Crippen molar-refractivity contribution in [3.05, 3.63) is 0 Å². The van der Waals surface area contributed by atoms with Gasteiger partial charge in [0.05, 0.1) is 13.2 Å². The van der Waals surface area contributed by atoms with E-state index in [1.807, 2.05) is 20.8 Å². The summed E-state index contributed by atoms with van der Waals surface area (Å²) < 4.78 is 51.5. The Bertz CT molecular complexity index is 1110. The number of amides is 2. The molecule has 0 aromatic rings. The van der Waals surface area contributed by atoms with Crippen LogP contribution in [0.2, 0.25) is 6.04 Å². The number of hydrogen-bond donors (Lipinski definition) is 3. The Morgan fingerprint density at radius 1 is 0.508 bits per heavy atom. The number of carbonyl (C=O) groups excluding carboxylic acids is 3. The highest BCUT2D eigenvalue weighted by Crippen LogP contribution is 2.43. The molecule has 3 N–H and O–H groups in total. The number of phosphoric acid groups is 1. The molecule has 0 rings (SSSR count). The summed E-state index contributed by atoms with van der Waals surface area (Å²) in [5, 5.41) is 5.31. The molecule has 0 heterocycles. The summed E-state index contributed by atoms with van der Waals surface area (Å²) in [6.07, 6.45) is 31.0. The van der Waals surface area contributed by atoms with Crippen LogP contribution in [0.25, 0.3) is 0 Å². The van der Waals surface area contributed by atoms with Gasteiger partial charge in [0.25, 0.3) is 0 Å². The fourth-order valence-electron chi connectivity index (χ4n) is 7.30. The molecule has 0 saturated heterocycles. The van der Waals surface area contributed by atoms with Crippen LogP contribution in [-0.4, -0.2) is 90.5 Å². The Morgan fingerprint density at radius 3 is 1.33 bits per heavy atom. The van der Waals surface area contributed by atoms with Gasteiger partial charge in [-0.15, -0.1) is 0 Å². The SMILES string of the molecule is CCCCCCCCCCCCCCCC(=O)OCC(COP(=O)(O)OCCNC(=O)NCCC[Si](OCC)(OCC)OCC)OC(=O)CCCCCCCCCCCCCCC. The molecule has 63 heavy (non-hydrogen) atoms. The molecule has 0 fully saturated rings. The molecule has 0 saturated carbocycles. The quantitative estimate of drug-likeness (QED) is 0.0228. The minimum absolute atomic E-state index is 0.0659. The summed E-state index contributed by atoms with van der Waals surface area (Å²) in [4.78, 5) is 48.0. The van der Waals surface area contributed by atoms with Crippen LogP contribution in [0, 0.1) is 0 Å². The van der Waals surface area contributed by atoms with Gasteiger partial charge in [-0.05, 0) is 40.0 Å². The number of nitrogens with one attached hydrogen (secondary N) is 2. The highest BCUT2D eigenvalue weighted by atomic mass is 31.2. The predicted octanol–water partition coefficient (Wildman–Crippen LogP) is 12.3. The first-order chi connectivity index (χ1) is 30.6. The van der Waals surface area contributed by atoms with Crippen molar-refractivity contribution >= 4 is 34.6 Å². The Morgan fingerprint density at radius 2 is 0.905 bits per heavy atom. The lowest BCUT2D eigenvalue weighted by Gasteiger charge is -2.28. The maximum atomic E-state index is 12.8. The minimum atomic E-state index is -4.60. The molecule has 0 radical (unpaired) electrons. The van der Waals surface area contributed by atoms with Crippen LogP contribution in [0.15, 0.2) is 0 Å². The van der Waals surface area contributed by atoms with Gasteiger partial charge in [0.1, 0.15) is 6.61 Å². The summed E-state index contributed by atoms with van der Waals surface area (Å²) in [6, 6.07) is 0.0747. The maximum absolute atomic E-state index is 12.8. The smallest absolute Gasteiger partial charge is 0.462 e. The summed E-state index contributed by atoms with van der Waals surface area (Å²) >= 11 is 0. The lowest BCUT2D eigenvalue weighted by molar-refractivity contribution is -0.161. The van der Waals surface area contributed by atoms with Crippen molar-refractivity contribution in [1.29, 1.82) is 0 Å². The summed E-state index contributed by atoms with van der Waals surface area (Å²) in [6.45, 7) is 10.7. The molecule has 16 heteroatoms. The maximum Gasteiger partial charge on any atom is 0.500 e. The minimum Gasteiger partial charge on any atom is -0.462 e. The largest absolute Gasteiger partial charge is 0.500 e. The number of ether oxygens (including phenoxy) is 2. The van der Waals surface area contributed by atoms with E-state index in [4.69, 9.17) is 31.8 Å². The van der Waals surface area contributed by atoms with Gasteiger partial charge in [-0.25, -0.2) is 9.36 Å². The normalized spacial score (nSPS) is 13.1. The van der Waals surface area contributed by atoms with E-state index in [0.717, 1.165) is 38.5 Å². The van der Waals surface area contributed by atoms with Crippen LogP contribution in [0.5, 0.6) is 0 Å². The molecule has 2 atom stereocenters. The first-order valence-corrected chi connectivity index (χ1v) is 28.9. The van der Waals surface area contributed by atoms with Gasteiger partial charge < -0.3 is 38.3 Å². The zero-order valence-corrected chi connectivity index (χ0v) is 42.7. The summed E-state index contributed by atoms with van der Waals surface area (Å²) in [5.74, 6) is -0.896. The first kappa shape index (κ1) is 61.4. The Hall–Kier alpha value is -1.58. The summed E-state index contributed by atoms with van der Waals surface area (Å²) in [5.41, 5.74) is 0. The number of esters is 2. The van der Waals surface area contributed by atoms with Gasteiger partial charge in [0.15, 0.2) is 6.10 Å². The van der Waals surface area contributed by atoms with Crippen LogP contribution < -0.4 is 10.6 Å². The molecule has 2 unspecified atom stereocenters. The second-order valence-electron chi connectivity index (χ2n) is 16.6. The van der Waals surface area contributed by atoms with Crippen molar-refractivity contribution in [2.24, 2.45) is 0 Å². The van der Waals surface area contributed by atoms with Gasteiger partial charge in [-0.3, -0.25) is 18.6 Å². The van der Waals surface area contributed by atoms with Gasteiger partial charge in [-0.2, -0.15) is 0 Å². The van der Waals surface area contributed by atoms with Gasteiger partial charge in [-0.1, -0.05) is 168 Å². The molecular formula is C47H95N2O12PSi. The zero-order valence-electron chi connectivity index (χ0n) is 40.8. The highest BCUT2D eigenvalue weighted by molar-refractivity contribution is 7.47. The molecule has 374 valence electrons. The van der Waals surface area contributed by atoms with Crippen LogP contribution in [0.4, 0.5) is 4.79 Å². The van der Waals surface area contributed by atoms with Crippen LogP contribution in [0.1, 0.15) is 221 Å². The van der Waals surface area contributed by atoms with E-state index in [-0.39, 0.29) is 32.6 Å². The topological polar surface area (TPSA) is 177 Å².